The molecule has 0 saturated heterocycles. The molecule has 2 rings (SSSR count). The van der Waals surface area contributed by atoms with Crippen molar-refractivity contribution in [2.24, 2.45) is 0 Å². The Morgan fingerprint density at radius 2 is 1.81 bits per heavy atom. The van der Waals surface area contributed by atoms with E-state index in [-0.39, 0.29) is 30.4 Å². The van der Waals surface area contributed by atoms with E-state index in [4.69, 9.17) is 4.74 Å². The van der Waals surface area contributed by atoms with Crippen molar-refractivity contribution in [2.45, 2.75) is 32.1 Å². The van der Waals surface area contributed by atoms with E-state index in [9.17, 15) is 18.8 Å². The van der Waals surface area contributed by atoms with E-state index in [1.807, 2.05) is 0 Å². The third kappa shape index (κ3) is 5.05. The number of hydrogen-bond donors (Lipinski definition) is 1. The average molecular weight is 377 g/mol. The molecule has 0 aliphatic heterocycles. The van der Waals surface area contributed by atoms with Gasteiger partial charge in [-0.25, -0.2) is 4.39 Å². The molecule has 1 heterocycles. The summed E-state index contributed by atoms with van der Waals surface area (Å²) in [6, 6.07) is 5.99. The molecule has 1 aromatic carbocycles. The predicted octanol–water partition coefficient (Wildman–Crippen LogP) is 3.88. The molecule has 2 aromatic rings. The summed E-state index contributed by atoms with van der Waals surface area (Å²) in [5, 5.41) is 0. The largest absolute Gasteiger partial charge is 0.457 e. The summed E-state index contributed by atoms with van der Waals surface area (Å²) in [6.45, 7) is 4.47. The van der Waals surface area contributed by atoms with E-state index in [0.717, 1.165) is 4.90 Å². The number of rotatable bonds is 8. The van der Waals surface area contributed by atoms with Crippen LogP contribution in [-0.4, -0.2) is 34.9 Å². The fourth-order valence-corrected chi connectivity index (χ4v) is 3.46. The number of hydrogen-bond acceptors (Lipinski definition) is 5. The maximum Gasteiger partial charge on any atom is 0.307 e. The van der Waals surface area contributed by atoms with Crippen LogP contribution in [0.5, 0.6) is 0 Å². The van der Waals surface area contributed by atoms with Crippen molar-refractivity contribution in [1.82, 2.24) is 4.98 Å². The molecule has 26 heavy (non-hydrogen) atoms. The van der Waals surface area contributed by atoms with Crippen molar-refractivity contribution in [3.8, 4) is 0 Å². The number of ether oxygens (including phenoxy) is 1. The quantitative estimate of drug-likeness (QED) is 0.429. The Balaban J connectivity index is 1.82. The third-order valence-electron chi connectivity index (χ3n) is 3.82. The van der Waals surface area contributed by atoms with Crippen LogP contribution in [0.4, 0.5) is 4.39 Å². The minimum atomic E-state index is -0.485. The number of nitrogens with one attached hydrogen (secondary N) is 1. The summed E-state index contributed by atoms with van der Waals surface area (Å²) in [7, 11) is 0. The van der Waals surface area contributed by atoms with Gasteiger partial charge in [-0.1, -0.05) is 0 Å². The van der Waals surface area contributed by atoms with E-state index in [1.165, 1.54) is 30.8 Å². The van der Waals surface area contributed by atoms with E-state index < -0.39 is 5.97 Å². The molecule has 0 amide bonds. The zero-order chi connectivity index (χ0) is 19.3. The third-order valence-corrected chi connectivity index (χ3v) is 4.83. The van der Waals surface area contributed by atoms with Crippen LogP contribution in [0.25, 0.3) is 0 Å². The number of Topliss-reactive ketones (excluding diaryl/α,β-unsaturated/α-hetero) is 2. The lowest BCUT2D eigenvalue weighted by atomic mass is 10.1. The van der Waals surface area contributed by atoms with E-state index in [1.54, 1.807) is 26.0 Å². The highest BCUT2D eigenvalue weighted by molar-refractivity contribution is 7.99. The molecule has 1 N–H and O–H groups in total. The molecular weight excluding hydrogens is 357 g/mol. The Labute approximate surface area is 155 Å². The maximum atomic E-state index is 12.8. The van der Waals surface area contributed by atoms with Crippen LogP contribution in [0.1, 0.15) is 45.4 Å². The number of aromatic amines is 1. The van der Waals surface area contributed by atoms with Crippen LogP contribution in [0, 0.1) is 19.7 Å². The number of esters is 1. The van der Waals surface area contributed by atoms with Gasteiger partial charge < -0.3 is 9.72 Å². The predicted molar refractivity (Wildman–Crippen MR) is 97.3 cm³/mol. The van der Waals surface area contributed by atoms with Gasteiger partial charge in [0.25, 0.3) is 0 Å². The molecule has 0 fully saturated rings. The summed E-state index contributed by atoms with van der Waals surface area (Å²) in [5.41, 5.74) is 1.99. The number of aromatic nitrogens is 1. The number of ketones is 2. The highest BCUT2D eigenvalue weighted by Gasteiger charge is 2.20. The SMILES string of the molecule is CC(=O)c1c(C)[nH]c(C(=O)COC(=O)CCSc2ccc(F)cc2)c1C. The highest BCUT2D eigenvalue weighted by Crippen LogP contribution is 2.20. The van der Waals surface area contributed by atoms with Gasteiger partial charge in [-0.05, 0) is 50.6 Å². The van der Waals surface area contributed by atoms with Crippen LogP contribution in [0.15, 0.2) is 29.2 Å². The second-order valence-corrected chi connectivity index (χ2v) is 6.99. The smallest absolute Gasteiger partial charge is 0.307 e. The second-order valence-electron chi connectivity index (χ2n) is 5.82. The standard InChI is InChI=1S/C19H20FNO4S/c1-11-18(13(3)22)12(2)21-19(11)16(23)10-25-17(24)8-9-26-15-6-4-14(20)5-7-15/h4-7,21H,8-10H2,1-3H3. The van der Waals surface area contributed by atoms with Gasteiger partial charge in [0.15, 0.2) is 12.4 Å². The van der Waals surface area contributed by atoms with Crippen LogP contribution in [-0.2, 0) is 9.53 Å². The summed E-state index contributed by atoms with van der Waals surface area (Å²) < 4.78 is 17.8. The van der Waals surface area contributed by atoms with Crippen molar-refractivity contribution in [1.29, 1.82) is 0 Å². The fraction of sp³-hybridized carbons (Fsp3) is 0.316. The molecule has 0 radical (unpaired) electrons. The molecule has 1 aromatic heterocycles. The monoisotopic (exact) mass is 377 g/mol. The van der Waals surface area contributed by atoms with E-state index in [0.29, 0.717) is 28.3 Å². The fourth-order valence-electron chi connectivity index (χ4n) is 2.63. The maximum absolute atomic E-state index is 12.8. The molecule has 0 bridgehead atoms. The molecule has 7 heteroatoms. The van der Waals surface area contributed by atoms with Gasteiger partial charge in [-0.2, -0.15) is 0 Å². The van der Waals surface area contributed by atoms with Gasteiger partial charge >= 0.3 is 5.97 Å². The number of carbonyl (C=O) groups is 3. The van der Waals surface area contributed by atoms with Crippen LogP contribution < -0.4 is 0 Å². The Hall–Kier alpha value is -2.41. The lowest BCUT2D eigenvalue weighted by Crippen LogP contribution is -2.15. The number of aryl methyl sites for hydroxylation is 1. The topological polar surface area (TPSA) is 76.2 Å². The molecule has 0 saturated carbocycles. The molecule has 0 atom stereocenters. The van der Waals surface area contributed by atoms with E-state index in [2.05, 4.69) is 4.98 Å². The van der Waals surface area contributed by atoms with Crippen molar-refractivity contribution >= 4 is 29.3 Å². The van der Waals surface area contributed by atoms with Crippen molar-refractivity contribution < 1.29 is 23.5 Å². The minimum Gasteiger partial charge on any atom is -0.457 e. The Bertz CT molecular complexity index is 827. The van der Waals surface area contributed by atoms with Gasteiger partial charge in [0.1, 0.15) is 5.82 Å². The van der Waals surface area contributed by atoms with Crippen LogP contribution >= 0.6 is 11.8 Å². The van der Waals surface area contributed by atoms with Crippen molar-refractivity contribution in [2.75, 3.05) is 12.4 Å². The second kappa shape index (κ2) is 8.80. The molecule has 0 aliphatic carbocycles. The first kappa shape index (κ1) is 19.9. The number of H-pyrrole nitrogens is 1. The van der Waals surface area contributed by atoms with Gasteiger partial charge in [-0.3, -0.25) is 14.4 Å². The Morgan fingerprint density at radius 1 is 1.15 bits per heavy atom. The normalized spacial score (nSPS) is 10.6. The summed E-state index contributed by atoms with van der Waals surface area (Å²) >= 11 is 1.40. The first-order valence-corrected chi connectivity index (χ1v) is 9.05. The molecule has 0 aliphatic rings. The number of benzene rings is 1. The van der Waals surface area contributed by atoms with E-state index >= 15 is 0 Å². The Kier molecular flexibility index (Phi) is 6.74. The lowest BCUT2D eigenvalue weighted by Gasteiger charge is -2.05. The first-order chi connectivity index (χ1) is 12.3. The zero-order valence-corrected chi connectivity index (χ0v) is 15.7. The van der Waals surface area contributed by atoms with Crippen LogP contribution in [0.2, 0.25) is 0 Å². The molecule has 5 nitrogen and oxygen atoms in total. The Morgan fingerprint density at radius 3 is 2.38 bits per heavy atom. The van der Waals surface area contributed by atoms with Gasteiger partial charge in [0, 0.05) is 21.9 Å². The number of carbonyl (C=O) groups excluding carboxylic acids is 3. The summed E-state index contributed by atoms with van der Waals surface area (Å²) in [6.07, 6.45) is 0.136. The molecular formula is C19H20FNO4S. The number of halogens is 1. The zero-order valence-electron chi connectivity index (χ0n) is 14.8. The highest BCUT2D eigenvalue weighted by atomic mass is 32.2. The van der Waals surface area contributed by atoms with Gasteiger partial charge in [0.05, 0.1) is 12.1 Å². The van der Waals surface area contributed by atoms with Crippen LogP contribution in [0.3, 0.4) is 0 Å². The van der Waals surface area contributed by atoms with Crippen molar-refractivity contribution in [3.63, 3.8) is 0 Å². The molecule has 138 valence electrons. The molecule has 0 unspecified atom stereocenters. The average Bonchev–Trinajstić information content (AvgIpc) is 2.89. The lowest BCUT2D eigenvalue weighted by molar-refractivity contribution is -0.141. The van der Waals surface area contributed by atoms with Gasteiger partial charge in [0.2, 0.25) is 5.78 Å². The first-order valence-electron chi connectivity index (χ1n) is 8.07. The number of thioether (sulfide) groups is 1. The summed E-state index contributed by atoms with van der Waals surface area (Å²) in [5.74, 6) is -0.827. The minimum absolute atomic E-state index is 0.120. The molecule has 0 spiro atoms. The summed E-state index contributed by atoms with van der Waals surface area (Å²) in [4.78, 5) is 39.3. The van der Waals surface area contributed by atoms with Crippen molar-refractivity contribution in [3.05, 3.63) is 52.6 Å². The van der Waals surface area contributed by atoms with Gasteiger partial charge in [-0.15, -0.1) is 11.8 Å².